The third-order valence-corrected chi connectivity index (χ3v) is 5.61. The molecule has 0 spiro atoms. The van der Waals surface area contributed by atoms with Crippen molar-refractivity contribution in [3.8, 4) is 0 Å². The second-order valence-corrected chi connectivity index (χ2v) is 7.60. The van der Waals surface area contributed by atoms with E-state index in [-0.39, 0.29) is 11.4 Å². The number of nitrogens with one attached hydrogen (secondary N) is 2. The molecule has 1 unspecified atom stereocenters. The summed E-state index contributed by atoms with van der Waals surface area (Å²) in [7, 11) is -2.31. The smallest absolute Gasteiger partial charge is 0.321 e. The Balaban J connectivity index is 2.15. The number of carbonyl (C=O) groups excluding carboxylic acids is 1. The lowest BCUT2D eigenvalue weighted by Crippen LogP contribution is -2.44. The molecule has 1 aliphatic rings. The van der Waals surface area contributed by atoms with Crippen LogP contribution in [0.5, 0.6) is 0 Å². The number of aliphatic carboxylic acids is 1. The minimum Gasteiger partial charge on any atom is -0.481 e. The van der Waals surface area contributed by atoms with Gasteiger partial charge in [0.2, 0.25) is 10.0 Å². The number of carbonyl (C=O) groups is 2. The fourth-order valence-corrected chi connectivity index (χ4v) is 3.64. The molecule has 1 heterocycles. The fraction of sp³-hybridized carbons (Fsp3) is 0.467. The summed E-state index contributed by atoms with van der Waals surface area (Å²) >= 11 is 0. The molecule has 0 saturated carbocycles. The minimum absolute atomic E-state index is 0.0878. The summed E-state index contributed by atoms with van der Waals surface area (Å²) in [5, 5.41) is 11.7. The van der Waals surface area contributed by atoms with Gasteiger partial charge < -0.3 is 15.3 Å². The Morgan fingerprint density at radius 3 is 2.67 bits per heavy atom. The Hall–Kier alpha value is -2.13. The van der Waals surface area contributed by atoms with Crippen LogP contribution in [0.25, 0.3) is 0 Å². The minimum atomic E-state index is -3.62. The van der Waals surface area contributed by atoms with Crippen LogP contribution in [-0.4, -0.2) is 50.6 Å². The highest BCUT2D eigenvalue weighted by Crippen LogP contribution is 2.22. The van der Waals surface area contributed by atoms with Gasteiger partial charge in [-0.25, -0.2) is 17.9 Å². The number of sulfonamides is 1. The molecule has 24 heavy (non-hydrogen) atoms. The van der Waals surface area contributed by atoms with Crippen LogP contribution in [0.2, 0.25) is 0 Å². The number of benzene rings is 1. The standard InChI is InChI=1S/C15H21N3O5S/c1-10-5-6-12(8-13(10)24(22,23)16-2)17-15(21)18-7-3-4-11(9-18)14(19)20/h5-6,8,11,16H,3-4,7,9H2,1-2H3,(H,17,21)(H,19,20). The average molecular weight is 355 g/mol. The van der Waals surface area contributed by atoms with Crippen LogP contribution in [0, 0.1) is 12.8 Å². The van der Waals surface area contributed by atoms with Crippen molar-refractivity contribution in [2.24, 2.45) is 5.92 Å². The van der Waals surface area contributed by atoms with Crippen LogP contribution in [0.15, 0.2) is 23.1 Å². The van der Waals surface area contributed by atoms with Crippen molar-refractivity contribution >= 4 is 27.7 Å². The molecule has 1 fully saturated rings. The Kier molecular flexibility index (Phi) is 5.45. The van der Waals surface area contributed by atoms with Crippen LogP contribution in [0.4, 0.5) is 10.5 Å². The predicted molar refractivity (Wildman–Crippen MR) is 88.4 cm³/mol. The van der Waals surface area contributed by atoms with Crippen molar-refractivity contribution in [2.45, 2.75) is 24.7 Å². The van der Waals surface area contributed by atoms with Crippen LogP contribution in [0.1, 0.15) is 18.4 Å². The first-order valence-electron chi connectivity index (χ1n) is 7.57. The van der Waals surface area contributed by atoms with E-state index in [4.69, 9.17) is 5.11 Å². The lowest BCUT2D eigenvalue weighted by atomic mass is 9.99. The summed E-state index contributed by atoms with van der Waals surface area (Å²) in [6, 6.07) is 4.17. The molecule has 1 aromatic rings. The summed E-state index contributed by atoms with van der Waals surface area (Å²) in [6.07, 6.45) is 1.17. The van der Waals surface area contributed by atoms with E-state index in [0.717, 1.165) is 0 Å². The molecule has 2 rings (SSSR count). The maximum Gasteiger partial charge on any atom is 0.321 e. The summed E-state index contributed by atoms with van der Waals surface area (Å²) in [6.45, 7) is 2.29. The third-order valence-electron chi connectivity index (χ3n) is 4.06. The van der Waals surface area contributed by atoms with E-state index in [0.29, 0.717) is 30.6 Å². The topological polar surface area (TPSA) is 116 Å². The Labute approximate surface area is 140 Å². The van der Waals surface area contributed by atoms with Gasteiger partial charge in [-0.2, -0.15) is 0 Å². The van der Waals surface area contributed by atoms with Crippen molar-refractivity contribution in [3.63, 3.8) is 0 Å². The van der Waals surface area contributed by atoms with E-state index >= 15 is 0 Å². The lowest BCUT2D eigenvalue weighted by Gasteiger charge is -2.30. The van der Waals surface area contributed by atoms with Crippen LogP contribution >= 0.6 is 0 Å². The molecule has 0 bridgehead atoms. The third kappa shape index (κ3) is 4.04. The molecule has 0 aromatic heterocycles. The predicted octanol–water partition coefficient (Wildman–Crippen LogP) is 1.23. The number of urea groups is 1. The SMILES string of the molecule is CNS(=O)(=O)c1cc(NC(=O)N2CCCC(C(=O)O)C2)ccc1C. The second-order valence-electron chi connectivity index (χ2n) is 5.74. The second kappa shape index (κ2) is 7.18. The van der Waals surface area contributed by atoms with Crippen LogP contribution in [0.3, 0.4) is 0 Å². The highest BCUT2D eigenvalue weighted by molar-refractivity contribution is 7.89. The van der Waals surface area contributed by atoms with Crippen LogP contribution < -0.4 is 10.0 Å². The number of piperidine rings is 1. The molecule has 0 aliphatic carbocycles. The normalized spacial score (nSPS) is 18.2. The summed E-state index contributed by atoms with van der Waals surface area (Å²) in [4.78, 5) is 24.9. The van der Waals surface area contributed by atoms with Gasteiger partial charge in [0.05, 0.1) is 10.8 Å². The van der Waals surface area contributed by atoms with Gasteiger partial charge >= 0.3 is 12.0 Å². The van der Waals surface area contributed by atoms with Gasteiger partial charge in [0.25, 0.3) is 0 Å². The molecule has 0 radical (unpaired) electrons. The number of rotatable bonds is 4. The van der Waals surface area contributed by atoms with Crippen molar-refractivity contribution in [1.82, 2.24) is 9.62 Å². The van der Waals surface area contributed by atoms with Gasteiger partial charge in [0.1, 0.15) is 0 Å². The van der Waals surface area contributed by atoms with Crippen molar-refractivity contribution < 1.29 is 23.1 Å². The van der Waals surface area contributed by atoms with Gasteiger partial charge in [0, 0.05) is 18.8 Å². The summed E-state index contributed by atoms with van der Waals surface area (Å²) < 4.78 is 26.2. The molecular formula is C15H21N3O5S. The number of aryl methyl sites for hydroxylation is 1. The van der Waals surface area contributed by atoms with E-state index in [1.54, 1.807) is 19.1 Å². The first-order valence-corrected chi connectivity index (χ1v) is 9.06. The highest BCUT2D eigenvalue weighted by atomic mass is 32.2. The van der Waals surface area contributed by atoms with Gasteiger partial charge in [-0.3, -0.25) is 4.79 Å². The number of nitrogens with zero attached hydrogens (tertiary/aromatic N) is 1. The van der Waals surface area contributed by atoms with Crippen molar-refractivity contribution in [2.75, 3.05) is 25.5 Å². The van der Waals surface area contributed by atoms with E-state index in [2.05, 4.69) is 10.0 Å². The van der Waals surface area contributed by atoms with Gasteiger partial charge in [0.15, 0.2) is 0 Å². The monoisotopic (exact) mass is 355 g/mol. The quantitative estimate of drug-likeness (QED) is 0.751. The molecule has 3 N–H and O–H groups in total. The molecule has 2 amide bonds. The molecule has 1 aromatic carbocycles. The average Bonchev–Trinajstić information content (AvgIpc) is 2.56. The number of anilines is 1. The molecule has 132 valence electrons. The summed E-state index contributed by atoms with van der Waals surface area (Å²) in [5.74, 6) is -1.48. The molecule has 8 nitrogen and oxygen atoms in total. The number of likely N-dealkylation sites (tertiary alicyclic amines) is 1. The number of carboxylic acids is 1. The number of hydrogen-bond acceptors (Lipinski definition) is 4. The lowest BCUT2D eigenvalue weighted by molar-refractivity contribution is -0.143. The number of hydrogen-bond donors (Lipinski definition) is 3. The molecule has 9 heteroatoms. The Morgan fingerprint density at radius 2 is 2.04 bits per heavy atom. The maximum atomic E-state index is 12.3. The van der Waals surface area contributed by atoms with E-state index in [1.165, 1.54) is 18.0 Å². The molecule has 1 saturated heterocycles. The Bertz CT molecular complexity index is 747. The zero-order chi connectivity index (χ0) is 17.9. The van der Waals surface area contributed by atoms with E-state index < -0.39 is 27.9 Å². The molecular weight excluding hydrogens is 334 g/mol. The zero-order valence-electron chi connectivity index (χ0n) is 13.6. The highest BCUT2D eigenvalue weighted by Gasteiger charge is 2.28. The van der Waals surface area contributed by atoms with Crippen molar-refractivity contribution in [3.05, 3.63) is 23.8 Å². The van der Waals surface area contributed by atoms with E-state index in [1.807, 2.05) is 0 Å². The molecule has 1 atom stereocenters. The zero-order valence-corrected chi connectivity index (χ0v) is 14.4. The number of amides is 2. The first kappa shape index (κ1) is 18.2. The fourth-order valence-electron chi connectivity index (χ4n) is 2.64. The van der Waals surface area contributed by atoms with Gasteiger partial charge in [-0.15, -0.1) is 0 Å². The summed E-state index contributed by atoms with van der Waals surface area (Å²) in [5.41, 5.74) is 0.906. The van der Waals surface area contributed by atoms with Crippen LogP contribution in [-0.2, 0) is 14.8 Å². The Morgan fingerprint density at radius 1 is 1.33 bits per heavy atom. The van der Waals surface area contributed by atoms with Crippen molar-refractivity contribution in [1.29, 1.82) is 0 Å². The maximum absolute atomic E-state index is 12.3. The molecule has 1 aliphatic heterocycles. The largest absolute Gasteiger partial charge is 0.481 e. The van der Waals surface area contributed by atoms with E-state index in [9.17, 15) is 18.0 Å². The first-order chi connectivity index (χ1) is 11.2. The number of carboxylic acid groups (broad SMARTS) is 1. The van der Waals surface area contributed by atoms with Gasteiger partial charge in [-0.1, -0.05) is 6.07 Å². The van der Waals surface area contributed by atoms with Gasteiger partial charge in [-0.05, 0) is 44.5 Å².